The van der Waals surface area contributed by atoms with E-state index in [1.54, 1.807) is 10.7 Å². The Morgan fingerprint density at radius 1 is 1.15 bits per heavy atom. The zero-order valence-electron chi connectivity index (χ0n) is 13.7. The quantitative estimate of drug-likeness (QED) is 0.481. The zero-order valence-corrected chi connectivity index (χ0v) is 15.3. The van der Waals surface area contributed by atoms with E-state index in [2.05, 4.69) is 25.7 Å². The average Bonchev–Trinajstić information content (AvgIpc) is 3.30. The predicted molar refractivity (Wildman–Crippen MR) is 98.2 cm³/mol. The van der Waals surface area contributed by atoms with Crippen molar-refractivity contribution in [3.63, 3.8) is 0 Å². The molecule has 7 nitrogen and oxygen atoms in total. The summed E-state index contributed by atoms with van der Waals surface area (Å²) in [5.74, 6) is 1.41. The fourth-order valence-corrected chi connectivity index (χ4v) is 3.33. The third kappa shape index (κ3) is 3.47. The van der Waals surface area contributed by atoms with Gasteiger partial charge in [0.1, 0.15) is 0 Å². The summed E-state index contributed by atoms with van der Waals surface area (Å²) < 4.78 is 7.00. The number of aryl methyl sites for hydroxylation is 1. The number of nitrogens with zero attached hydrogens (tertiary/aromatic N) is 6. The van der Waals surface area contributed by atoms with Gasteiger partial charge in [-0.25, -0.2) is 0 Å². The van der Waals surface area contributed by atoms with Crippen LogP contribution in [0.15, 0.2) is 58.2 Å². The van der Waals surface area contributed by atoms with Gasteiger partial charge >= 0.3 is 0 Å². The second kappa shape index (κ2) is 7.27. The first-order chi connectivity index (χ1) is 12.7. The Balaban J connectivity index is 1.51. The molecule has 9 heteroatoms. The summed E-state index contributed by atoms with van der Waals surface area (Å²) in [6, 6.07) is 15.3. The monoisotopic (exact) mass is 384 g/mol. The highest BCUT2D eigenvalue weighted by molar-refractivity contribution is 7.98. The maximum absolute atomic E-state index is 6.16. The van der Waals surface area contributed by atoms with Gasteiger partial charge in [-0.05, 0) is 47.2 Å². The number of rotatable bonds is 5. The Kier molecular flexibility index (Phi) is 4.68. The summed E-state index contributed by atoms with van der Waals surface area (Å²) in [6.07, 6.45) is 0. The molecule has 4 rings (SSSR count). The van der Waals surface area contributed by atoms with E-state index < -0.39 is 0 Å². The van der Waals surface area contributed by atoms with Gasteiger partial charge in [-0.1, -0.05) is 52.8 Å². The first-order valence-corrected chi connectivity index (χ1v) is 9.13. The Hall–Kier alpha value is -2.71. The molecule has 130 valence electrons. The van der Waals surface area contributed by atoms with Crippen molar-refractivity contribution in [1.29, 1.82) is 0 Å². The van der Waals surface area contributed by atoms with Gasteiger partial charge in [-0.3, -0.25) is 0 Å². The van der Waals surface area contributed by atoms with Crippen LogP contribution in [0.1, 0.15) is 11.4 Å². The van der Waals surface area contributed by atoms with Crippen LogP contribution in [0.5, 0.6) is 0 Å². The van der Waals surface area contributed by atoms with Crippen molar-refractivity contribution in [1.82, 2.24) is 30.3 Å². The summed E-state index contributed by atoms with van der Waals surface area (Å²) in [7, 11) is 0. The summed E-state index contributed by atoms with van der Waals surface area (Å²) in [5.41, 5.74) is 2.75. The van der Waals surface area contributed by atoms with E-state index in [4.69, 9.17) is 16.1 Å². The predicted octanol–water partition coefficient (Wildman–Crippen LogP) is 3.97. The number of aromatic nitrogens is 6. The van der Waals surface area contributed by atoms with Crippen LogP contribution < -0.4 is 0 Å². The van der Waals surface area contributed by atoms with Crippen molar-refractivity contribution in [2.45, 2.75) is 17.8 Å². The van der Waals surface area contributed by atoms with Gasteiger partial charge in [0.05, 0.1) is 22.0 Å². The average molecular weight is 385 g/mol. The Bertz CT molecular complexity index is 1050. The molecule has 2 aromatic carbocycles. The Morgan fingerprint density at radius 2 is 2.04 bits per heavy atom. The van der Waals surface area contributed by atoms with E-state index in [0.29, 0.717) is 33.2 Å². The highest BCUT2D eigenvalue weighted by Crippen LogP contribution is 2.27. The van der Waals surface area contributed by atoms with Crippen molar-refractivity contribution < 1.29 is 4.52 Å². The van der Waals surface area contributed by atoms with Crippen molar-refractivity contribution >= 4 is 23.4 Å². The van der Waals surface area contributed by atoms with Crippen molar-refractivity contribution in [3.8, 4) is 17.1 Å². The number of hydrogen-bond acceptors (Lipinski definition) is 7. The molecule has 0 fully saturated rings. The molecule has 0 aliphatic carbocycles. The van der Waals surface area contributed by atoms with E-state index in [9.17, 15) is 0 Å². The Morgan fingerprint density at radius 3 is 2.88 bits per heavy atom. The summed E-state index contributed by atoms with van der Waals surface area (Å²) in [6.45, 7) is 2.02. The molecule has 0 N–H and O–H groups in total. The highest BCUT2D eigenvalue weighted by atomic mass is 35.5. The smallest absolute Gasteiger partial charge is 0.259 e. The van der Waals surface area contributed by atoms with Gasteiger partial charge in [-0.15, -0.1) is 5.10 Å². The van der Waals surface area contributed by atoms with Crippen LogP contribution in [-0.2, 0) is 5.75 Å². The van der Waals surface area contributed by atoms with Gasteiger partial charge in [-0.2, -0.15) is 9.67 Å². The fourth-order valence-electron chi connectivity index (χ4n) is 2.38. The van der Waals surface area contributed by atoms with Crippen LogP contribution in [0.25, 0.3) is 17.1 Å². The largest absolute Gasteiger partial charge is 0.334 e. The molecule has 0 saturated heterocycles. The minimum atomic E-state index is 0.393. The first-order valence-electron chi connectivity index (χ1n) is 7.76. The number of benzene rings is 2. The van der Waals surface area contributed by atoms with Crippen LogP contribution in [0.2, 0.25) is 5.02 Å². The molecule has 0 aliphatic rings. The third-order valence-corrected chi connectivity index (χ3v) is 4.83. The molecule has 0 aliphatic heterocycles. The maximum atomic E-state index is 6.16. The van der Waals surface area contributed by atoms with E-state index in [1.165, 1.54) is 11.8 Å². The molecular weight excluding hydrogens is 372 g/mol. The van der Waals surface area contributed by atoms with E-state index in [0.717, 1.165) is 11.3 Å². The standard InChI is InChI=1S/C17H13ClN6OS/c1-11-5-4-6-12(9-11)24-17(20-22-23-24)26-10-15-19-16(25-21-15)13-7-2-3-8-14(13)18/h2-9H,10H2,1H3. The Labute approximate surface area is 158 Å². The van der Waals surface area contributed by atoms with Crippen LogP contribution in [0.3, 0.4) is 0 Å². The second-order valence-corrected chi connectivity index (χ2v) is 6.85. The van der Waals surface area contributed by atoms with Gasteiger partial charge in [0.2, 0.25) is 5.16 Å². The normalized spacial score (nSPS) is 11.0. The lowest BCUT2D eigenvalue weighted by Crippen LogP contribution is -1.99. The van der Waals surface area contributed by atoms with Gasteiger partial charge in [0.15, 0.2) is 5.82 Å². The minimum absolute atomic E-state index is 0.393. The van der Waals surface area contributed by atoms with Gasteiger partial charge in [0, 0.05) is 0 Å². The lowest BCUT2D eigenvalue weighted by molar-refractivity contribution is 0.425. The molecule has 0 unspecified atom stereocenters. The molecule has 0 amide bonds. The first kappa shape index (κ1) is 16.7. The van der Waals surface area contributed by atoms with E-state index in [1.807, 2.05) is 49.4 Å². The van der Waals surface area contributed by atoms with E-state index >= 15 is 0 Å². The van der Waals surface area contributed by atoms with Crippen LogP contribution in [-0.4, -0.2) is 30.3 Å². The molecule has 2 heterocycles. The molecule has 0 spiro atoms. The third-order valence-electron chi connectivity index (χ3n) is 3.59. The second-order valence-electron chi connectivity index (χ2n) is 5.50. The molecular formula is C17H13ClN6OS. The molecule has 2 aromatic heterocycles. The van der Waals surface area contributed by atoms with Crippen molar-refractivity contribution in [2.75, 3.05) is 0 Å². The van der Waals surface area contributed by atoms with Crippen LogP contribution in [0.4, 0.5) is 0 Å². The lowest BCUT2D eigenvalue weighted by Gasteiger charge is -2.03. The number of thioether (sulfide) groups is 1. The summed E-state index contributed by atoms with van der Waals surface area (Å²) in [5, 5.41) is 17.1. The molecule has 0 saturated carbocycles. The molecule has 0 radical (unpaired) electrons. The number of tetrazole rings is 1. The molecule has 0 atom stereocenters. The van der Waals surface area contributed by atoms with Crippen molar-refractivity contribution in [3.05, 3.63) is 64.9 Å². The molecule has 4 aromatic rings. The topological polar surface area (TPSA) is 82.5 Å². The number of halogens is 1. The zero-order chi connectivity index (χ0) is 17.9. The van der Waals surface area contributed by atoms with Gasteiger partial charge < -0.3 is 4.52 Å². The number of hydrogen-bond donors (Lipinski definition) is 0. The van der Waals surface area contributed by atoms with Gasteiger partial charge in [0.25, 0.3) is 5.89 Å². The SMILES string of the molecule is Cc1cccc(-n2nnnc2SCc2noc(-c3ccccc3Cl)n2)c1. The highest BCUT2D eigenvalue weighted by Gasteiger charge is 2.14. The fraction of sp³-hybridized carbons (Fsp3) is 0.118. The molecule has 26 heavy (non-hydrogen) atoms. The minimum Gasteiger partial charge on any atom is -0.334 e. The van der Waals surface area contributed by atoms with Crippen LogP contribution >= 0.6 is 23.4 Å². The lowest BCUT2D eigenvalue weighted by atomic mass is 10.2. The summed E-state index contributed by atoms with van der Waals surface area (Å²) in [4.78, 5) is 4.40. The summed E-state index contributed by atoms with van der Waals surface area (Å²) >= 11 is 7.59. The van der Waals surface area contributed by atoms with Crippen molar-refractivity contribution in [2.24, 2.45) is 0 Å². The van der Waals surface area contributed by atoms with E-state index in [-0.39, 0.29) is 0 Å². The maximum Gasteiger partial charge on any atom is 0.259 e. The molecule has 0 bridgehead atoms. The van der Waals surface area contributed by atoms with Crippen LogP contribution in [0, 0.1) is 6.92 Å².